The lowest BCUT2D eigenvalue weighted by molar-refractivity contribution is 0.613. The molecular formula is C14H12Cl2FN. The van der Waals surface area contributed by atoms with Crippen LogP contribution in [0.3, 0.4) is 0 Å². The lowest BCUT2D eigenvalue weighted by Gasteiger charge is -2.11. The molecular weight excluding hydrogens is 272 g/mol. The summed E-state index contributed by atoms with van der Waals surface area (Å²) in [5.41, 5.74) is 2.48. The van der Waals surface area contributed by atoms with Gasteiger partial charge in [0, 0.05) is 27.8 Å². The van der Waals surface area contributed by atoms with Gasteiger partial charge in [-0.25, -0.2) is 4.39 Å². The predicted molar refractivity (Wildman–Crippen MR) is 74.9 cm³/mol. The number of hydrogen-bond acceptors (Lipinski definition) is 1. The Morgan fingerprint density at radius 1 is 1.06 bits per heavy atom. The average Bonchev–Trinajstić information content (AvgIpc) is 2.34. The summed E-state index contributed by atoms with van der Waals surface area (Å²) in [7, 11) is 0. The van der Waals surface area contributed by atoms with Crippen molar-refractivity contribution in [2.24, 2.45) is 0 Å². The quantitative estimate of drug-likeness (QED) is 0.831. The first-order valence-electron chi connectivity index (χ1n) is 5.50. The van der Waals surface area contributed by atoms with E-state index >= 15 is 0 Å². The minimum absolute atomic E-state index is 0.272. The van der Waals surface area contributed by atoms with Gasteiger partial charge in [-0.1, -0.05) is 29.3 Å². The first kappa shape index (κ1) is 13.2. The van der Waals surface area contributed by atoms with Gasteiger partial charge in [-0.3, -0.25) is 0 Å². The molecule has 0 saturated heterocycles. The van der Waals surface area contributed by atoms with Crippen LogP contribution in [0.15, 0.2) is 36.4 Å². The fourth-order valence-electron chi connectivity index (χ4n) is 1.65. The number of nitrogens with one attached hydrogen (secondary N) is 1. The third-order valence-corrected chi connectivity index (χ3v) is 3.15. The van der Waals surface area contributed by atoms with Gasteiger partial charge in [0.25, 0.3) is 0 Å². The molecule has 18 heavy (non-hydrogen) atoms. The molecule has 1 nitrogen and oxygen atoms in total. The van der Waals surface area contributed by atoms with Crippen molar-refractivity contribution in [2.45, 2.75) is 13.5 Å². The van der Waals surface area contributed by atoms with Crippen LogP contribution in [0.25, 0.3) is 0 Å². The molecule has 0 aliphatic heterocycles. The Bertz CT molecular complexity index is 518. The number of halogens is 3. The summed E-state index contributed by atoms with van der Waals surface area (Å²) in [5, 5.41) is 4.33. The van der Waals surface area contributed by atoms with Gasteiger partial charge in [0.05, 0.1) is 0 Å². The minimum atomic E-state index is -0.272. The molecule has 0 heterocycles. The lowest BCUT2D eigenvalue weighted by atomic mass is 10.1. The van der Waals surface area contributed by atoms with Gasteiger partial charge in [-0.15, -0.1) is 0 Å². The summed E-state index contributed by atoms with van der Waals surface area (Å²) in [4.78, 5) is 0. The Morgan fingerprint density at radius 2 is 1.72 bits per heavy atom. The van der Waals surface area contributed by atoms with Crippen molar-refractivity contribution < 1.29 is 4.39 Å². The second-order valence-electron chi connectivity index (χ2n) is 4.05. The van der Waals surface area contributed by atoms with Crippen LogP contribution in [-0.2, 0) is 6.54 Å². The van der Waals surface area contributed by atoms with E-state index in [1.54, 1.807) is 6.07 Å². The van der Waals surface area contributed by atoms with Crippen molar-refractivity contribution in [1.29, 1.82) is 0 Å². The van der Waals surface area contributed by atoms with Crippen molar-refractivity contribution in [3.8, 4) is 0 Å². The third kappa shape index (κ3) is 3.15. The molecule has 0 aliphatic carbocycles. The summed E-state index contributed by atoms with van der Waals surface area (Å²) in [6, 6.07) is 10.1. The van der Waals surface area contributed by atoms with Gasteiger partial charge >= 0.3 is 0 Å². The SMILES string of the molecule is Cc1ccc(Cl)cc1NCc1cc(Cl)ccc1F. The second kappa shape index (κ2) is 5.59. The van der Waals surface area contributed by atoms with Crippen molar-refractivity contribution >= 4 is 28.9 Å². The lowest BCUT2D eigenvalue weighted by Crippen LogP contribution is -2.03. The van der Waals surface area contributed by atoms with Crippen LogP contribution in [0.4, 0.5) is 10.1 Å². The molecule has 0 amide bonds. The molecule has 0 spiro atoms. The van der Waals surface area contributed by atoms with Crippen LogP contribution in [-0.4, -0.2) is 0 Å². The molecule has 0 aliphatic rings. The van der Waals surface area contributed by atoms with E-state index in [-0.39, 0.29) is 5.82 Å². The summed E-state index contributed by atoms with van der Waals surface area (Å²) in [6.45, 7) is 2.33. The summed E-state index contributed by atoms with van der Waals surface area (Å²) >= 11 is 11.8. The topological polar surface area (TPSA) is 12.0 Å². The first-order valence-corrected chi connectivity index (χ1v) is 6.26. The molecule has 0 aromatic heterocycles. The Morgan fingerprint density at radius 3 is 2.50 bits per heavy atom. The summed E-state index contributed by atoms with van der Waals surface area (Å²) in [5.74, 6) is -0.272. The van der Waals surface area contributed by atoms with Gasteiger partial charge in [0.2, 0.25) is 0 Å². The van der Waals surface area contributed by atoms with E-state index in [0.717, 1.165) is 11.3 Å². The van der Waals surface area contributed by atoms with Crippen LogP contribution in [0.1, 0.15) is 11.1 Å². The molecule has 2 rings (SSSR count). The first-order chi connectivity index (χ1) is 8.56. The fraction of sp³-hybridized carbons (Fsp3) is 0.143. The summed E-state index contributed by atoms with van der Waals surface area (Å²) < 4.78 is 13.5. The summed E-state index contributed by atoms with van der Waals surface area (Å²) in [6.07, 6.45) is 0. The third-order valence-electron chi connectivity index (χ3n) is 2.68. The molecule has 2 aromatic rings. The number of aryl methyl sites for hydroxylation is 1. The maximum atomic E-state index is 13.5. The van der Waals surface area contributed by atoms with Crippen molar-refractivity contribution in [3.05, 3.63) is 63.4 Å². The molecule has 0 unspecified atom stereocenters. The highest BCUT2D eigenvalue weighted by Crippen LogP contribution is 2.22. The maximum Gasteiger partial charge on any atom is 0.128 e. The normalized spacial score (nSPS) is 10.4. The standard InChI is InChI=1S/C14H12Cl2FN/c1-9-2-3-12(16)7-14(9)18-8-10-6-11(15)4-5-13(10)17/h2-7,18H,8H2,1H3. The zero-order valence-corrected chi connectivity index (χ0v) is 11.3. The monoisotopic (exact) mass is 283 g/mol. The highest BCUT2D eigenvalue weighted by Gasteiger charge is 2.04. The molecule has 0 fully saturated rings. The number of anilines is 1. The number of benzene rings is 2. The fourth-order valence-corrected chi connectivity index (χ4v) is 2.02. The van der Waals surface area contributed by atoms with Crippen LogP contribution in [0, 0.1) is 12.7 Å². The maximum absolute atomic E-state index is 13.5. The molecule has 1 N–H and O–H groups in total. The van der Waals surface area contributed by atoms with Crippen molar-refractivity contribution in [2.75, 3.05) is 5.32 Å². The highest BCUT2D eigenvalue weighted by atomic mass is 35.5. The Kier molecular flexibility index (Phi) is 4.10. The average molecular weight is 284 g/mol. The van der Waals surface area contributed by atoms with E-state index < -0.39 is 0 Å². The second-order valence-corrected chi connectivity index (χ2v) is 4.92. The largest absolute Gasteiger partial charge is 0.381 e. The van der Waals surface area contributed by atoms with E-state index in [4.69, 9.17) is 23.2 Å². The van der Waals surface area contributed by atoms with E-state index in [9.17, 15) is 4.39 Å². The van der Waals surface area contributed by atoms with Gasteiger partial charge in [-0.2, -0.15) is 0 Å². The van der Waals surface area contributed by atoms with E-state index in [0.29, 0.717) is 22.2 Å². The van der Waals surface area contributed by atoms with Crippen LogP contribution in [0.2, 0.25) is 10.0 Å². The van der Waals surface area contributed by atoms with Crippen molar-refractivity contribution in [1.82, 2.24) is 0 Å². The van der Waals surface area contributed by atoms with Gasteiger partial charge in [0.1, 0.15) is 5.82 Å². The number of hydrogen-bond donors (Lipinski definition) is 1. The zero-order valence-electron chi connectivity index (χ0n) is 9.81. The Balaban J connectivity index is 2.16. The van der Waals surface area contributed by atoms with E-state index in [1.165, 1.54) is 12.1 Å². The molecule has 0 saturated carbocycles. The van der Waals surface area contributed by atoms with Gasteiger partial charge in [-0.05, 0) is 42.8 Å². The van der Waals surface area contributed by atoms with Crippen LogP contribution >= 0.6 is 23.2 Å². The highest BCUT2D eigenvalue weighted by molar-refractivity contribution is 6.31. The minimum Gasteiger partial charge on any atom is -0.381 e. The zero-order chi connectivity index (χ0) is 13.1. The molecule has 2 aromatic carbocycles. The molecule has 0 bridgehead atoms. The van der Waals surface area contributed by atoms with Gasteiger partial charge in [0.15, 0.2) is 0 Å². The predicted octanol–water partition coefficient (Wildman–Crippen LogP) is 5.05. The molecule has 94 valence electrons. The molecule has 4 heteroatoms. The number of rotatable bonds is 3. The Hall–Kier alpha value is -1.25. The van der Waals surface area contributed by atoms with E-state index in [1.807, 2.05) is 25.1 Å². The van der Waals surface area contributed by atoms with Crippen molar-refractivity contribution in [3.63, 3.8) is 0 Å². The van der Waals surface area contributed by atoms with Crippen LogP contribution in [0.5, 0.6) is 0 Å². The van der Waals surface area contributed by atoms with Gasteiger partial charge < -0.3 is 5.32 Å². The van der Waals surface area contributed by atoms with Crippen LogP contribution < -0.4 is 5.32 Å². The Labute approximate surface area is 116 Å². The molecule has 0 radical (unpaired) electrons. The smallest absolute Gasteiger partial charge is 0.128 e. The molecule has 0 atom stereocenters. The van der Waals surface area contributed by atoms with E-state index in [2.05, 4.69) is 5.32 Å².